The van der Waals surface area contributed by atoms with Crippen LogP contribution in [0.2, 0.25) is 0 Å². The van der Waals surface area contributed by atoms with Gasteiger partial charge in [-0.25, -0.2) is 0 Å². The van der Waals surface area contributed by atoms with Gasteiger partial charge in [0.2, 0.25) is 0 Å². The smallest absolute Gasteiger partial charge is 0.150 e. The molecule has 0 radical (unpaired) electrons. The van der Waals surface area contributed by atoms with Crippen molar-refractivity contribution in [1.82, 2.24) is 0 Å². The summed E-state index contributed by atoms with van der Waals surface area (Å²) in [6.45, 7) is 2.49. The van der Waals surface area contributed by atoms with E-state index in [2.05, 4.69) is 5.18 Å². The molecule has 0 saturated heterocycles. The summed E-state index contributed by atoms with van der Waals surface area (Å²) in [4.78, 5) is 10.8. The van der Waals surface area contributed by atoms with Crippen LogP contribution >= 0.6 is 12.2 Å². The number of ether oxygens (including phenoxy) is 1. The van der Waals surface area contributed by atoms with E-state index >= 15 is 0 Å². The van der Waals surface area contributed by atoms with Crippen molar-refractivity contribution in [3.05, 3.63) is 45.8 Å². The van der Waals surface area contributed by atoms with Crippen LogP contribution in [0.5, 0.6) is 17.2 Å². The summed E-state index contributed by atoms with van der Waals surface area (Å²) in [6, 6.07) is 9.07. The Bertz CT molecular complexity index is 1010. The molecule has 0 unspecified atom stereocenters. The van der Waals surface area contributed by atoms with E-state index in [-0.39, 0.29) is 17.2 Å². The number of aromatic hydroxyl groups is 2. The van der Waals surface area contributed by atoms with Crippen LogP contribution in [0, 0.1) is 9.42 Å². The minimum absolute atomic E-state index is 0.0233. The molecule has 1 aromatic heterocycles. The van der Waals surface area contributed by atoms with Gasteiger partial charge in [0, 0.05) is 23.8 Å². The van der Waals surface area contributed by atoms with Gasteiger partial charge >= 0.3 is 0 Å². The molecule has 0 aliphatic carbocycles. The second-order valence-electron chi connectivity index (χ2n) is 5.43. The lowest BCUT2D eigenvalue weighted by molar-refractivity contribution is 0.315. The molecule has 3 rings (SSSR count). The van der Waals surface area contributed by atoms with Crippen LogP contribution in [0.4, 0.5) is 5.69 Å². The number of phenols is 2. The van der Waals surface area contributed by atoms with Crippen LogP contribution in [-0.2, 0) is 0 Å². The molecule has 6 nitrogen and oxygen atoms in total. The third-order valence-corrected chi connectivity index (χ3v) is 3.94. The van der Waals surface area contributed by atoms with Crippen LogP contribution in [0.15, 0.2) is 46.0 Å². The van der Waals surface area contributed by atoms with Crippen LogP contribution in [0.1, 0.15) is 13.3 Å². The average molecular weight is 357 g/mol. The van der Waals surface area contributed by atoms with E-state index in [1.165, 1.54) is 18.2 Å². The van der Waals surface area contributed by atoms with Crippen LogP contribution in [0.25, 0.3) is 22.3 Å². The van der Waals surface area contributed by atoms with Crippen LogP contribution < -0.4 is 4.74 Å². The van der Waals surface area contributed by atoms with Crippen LogP contribution in [-0.4, -0.2) is 16.8 Å². The Morgan fingerprint density at radius 3 is 2.68 bits per heavy atom. The van der Waals surface area contributed by atoms with Crippen molar-refractivity contribution in [2.45, 2.75) is 13.3 Å². The Morgan fingerprint density at radius 2 is 1.96 bits per heavy atom. The highest BCUT2D eigenvalue weighted by molar-refractivity contribution is 7.71. The summed E-state index contributed by atoms with van der Waals surface area (Å²) in [7, 11) is 0. The first-order chi connectivity index (χ1) is 12.0. The summed E-state index contributed by atoms with van der Waals surface area (Å²) >= 11 is 5.35. The number of rotatable bonds is 5. The summed E-state index contributed by atoms with van der Waals surface area (Å²) in [5, 5.41) is 23.0. The normalized spacial score (nSPS) is 10.8. The zero-order valence-corrected chi connectivity index (χ0v) is 14.2. The molecule has 3 aromatic rings. The lowest BCUT2D eigenvalue weighted by Crippen LogP contribution is -1.95. The number of phenolic OH excluding ortho intramolecular Hbond substituents is 2. The first-order valence-electron chi connectivity index (χ1n) is 7.64. The fourth-order valence-electron chi connectivity index (χ4n) is 2.44. The van der Waals surface area contributed by atoms with Gasteiger partial charge in [0.1, 0.15) is 34.3 Å². The van der Waals surface area contributed by atoms with Gasteiger partial charge in [0.05, 0.1) is 16.5 Å². The van der Waals surface area contributed by atoms with E-state index in [9.17, 15) is 15.1 Å². The molecular formula is C18H15NO5S. The van der Waals surface area contributed by atoms with E-state index in [4.69, 9.17) is 21.4 Å². The number of fused-ring (bicyclic) bond motifs is 1. The maximum absolute atomic E-state index is 10.8. The minimum Gasteiger partial charge on any atom is -0.507 e. The number of hydrogen-bond donors (Lipinski definition) is 2. The number of hydrogen-bond acceptors (Lipinski definition) is 7. The molecule has 2 N–H and O–H groups in total. The highest BCUT2D eigenvalue weighted by atomic mass is 32.1. The Balaban J connectivity index is 2.17. The monoisotopic (exact) mass is 357 g/mol. The summed E-state index contributed by atoms with van der Waals surface area (Å²) in [6.07, 6.45) is 0.831. The van der Waals surface area contributed by atoms with Crippen molar-refractivity contribution in [2.24, 2.45) is 5.18 Å². The predicted octanol–water partition coefficient (Wildman–Crippen LogP) is 5.43. The SMILES string of the molecule is CCCOc1cc(O)c2c(=S)cc(-c3ccc(O)c(N=O)c3)oc2c1. The molecule has 128 valence electrons. The molecular weight excluding hydrogens is 342 g/mol. The Labute approximate surface area is 148 Å². The standard InChI is InChI=1S/C18H15NO5S/c1-2-5-23-11-7-14(21)18-16(8-11)24-15(9-17(18)25)10-3-4-13(20)12(6-10)19-22/h3-4,6-9,20-21H,2,5H2,1H3. The Morgan fingerprint density at radius 1 is 1.16 bits per heavy atom. The zero-order chi connectivity index (χ0) is 18.0. The number of nitrogens with zero attached hydrogens (tertiary/aromatic N) is 1. The van der Waals surface area contributed by atoms with Gasteiger partial charge in [-0.3, -0.25) is 0 Å². The Hall–Kier alpha value is -2.93. The van der Waals surface area contributed by atoms with Crippen molar-refractivity contribution in [1.29, 1.82) is 0 Å². The van der Waals surface area contributed by atoms with Gasteiger partial charge in [-0.05, 0) is 29.8 Å². The highest BCUT2D eigenvalue weighted by Gasteiger charge is 2.12. The number of benzene rings is 2. The molecule has 0 aliphatic heterocycles. The van der Waals surface area contributed by atoms with Gasteiger partial charge in [0.25, 0.3) is 0 Å². The molecule has 0 atom stereocenters. The zero-order valence-electron chi connectivity index (χ0n) is 13.4. The summed E-state index contributed by atoms with van der Waals surface area (Å²) < 4.78 is 11.8. The summed E-state index contributed by atoms with van der Waals surface area (Å²) in [5.74, 6) is 0.619. The van der Waals surface area contributed by atoms with E-state index in [1.807, 2.05) is 6.92 Å². The molecule has 25 heavy (non-hydrogen) atoms. The molecule has 0 aliphatic rings. The minimum atomic E-state index is -0.217. The second-order valence-corrected chi connectivity index (χ2v) is 5.87. The second kappa shape index (κ2) is 6.90. The van der Waals surface area contributed by atoms with E-state index in [0.29, 0.717) is 39.2 Å². The number of nitroso groups, excluding NO2 is 1. The first-order valence-corrected chi connectivity index (χ1v) is 8.04. The molecule has 7 heteroatoms. The Kier molecular flexibility index (Phi) is 4.67. The molecule has 1 heterocycles. The maximum atomic E-state index is 10.8. The van der Waals surface area contributed by atoms with Crippen molar-refractivity contribution >= 4 is 28.9 Å². The third-order valence-electron chi connectivity index (χ3n) is 3.61. The predicted molar refractivity (Wildman–Crippen MR) is 97.1 cm³/mol. The third kappa shape index (κ3) is 3.32. The molecule has 0 saturated carbocycles. The van der Waals surface area contributed by atoms with Gasteiger partial charge < -0.3 is 19.4 Å². The lowest BCUT2D eigenvalue weighted by atomic mass is 10.1. The quantitative estimate of drug-likeness (QED) is 0.467. The van der Waals surface area contributed by atoms with E-state index in [1.54, 1.807) is 18.2 Å². The van der Waals surface area contributed by atoms with E-state index in [0.717, 1.165) is 6.42 Å². The fraction of sp³-hybridized carbons (Fsp3) is 0.167. The van der Waals surface area contributed by atoms with Crippen LogP contribution in [0.3, 0.4) is 0 Å². The molecule has 2 aromatic carbocycles. The molecule has 0 fully saturated rings. The molecule has 0 amide bonds. The average Bonchev–Trinajstić information content (AvgIpc) is 2.59. The van der Waals surface area contributed by atoms with Gasteiger partial charge in [0.15, 0.2) is 0 Å². The van der Waals surface area contributed by atoms with Gasteiger partial charge in [-0.15, -0.1) is 4.91 Å². The fourth-order valence-corrected chi connectivity index (χ4v) is 2.75. The molecule has 0 bridgehead atoms. The summed E-state index contributed by atoms with van der Waals surface area (Å²) in [5.41, 5.74) is 0.795. The van der Waals surface area contributed by atoms with Gasteiger partial charge in [-0.1, -0.05) is 19.1 Å². The van der Waals surface area contributed by atoms with Crippen molar-refractivity contribution in [3.63, 3.8) is 0 Å². The maximum Gasteiger partial charge on any atom is 0.150 e. The molecule has 0 spiro atoms. The van der Waals surface area contributed by atoms with Crippen molar-refractivity contribution in [3.8, 4) is 28.6 Å². The van der Waals surface area contributed by atoms with Crippen molar-refractivity contribution in [2.75, 3.05) is 6.61 Å². The largest absolute Gasteiger partial charge is 0.507 e. The topological polar surface area (TPSA) is 92.3 Å². The highest BCUT2D eigenvalue weighted by Crippen LogP contribution is 2.37. The van der Waals surface area contributed by atoms with Crippen molar-refractivity contribution < 1.29 is 19.4 Å². The first kappa shape index (κ1) is 16.9. The lowest BCUT2D eigenvalue weighted by Gasteiger charge is -2.09. The van der Waals surface area contributed by atoms with E-state index < -0.39 is 0 Å². The van der Waals surface area contributed by atoms with Gasteiger partial charge in [-0.2, -0.15) is 0 Å².